The molecule has 0 aromatic heterocycles. The first-order valence-electron chi connectivity index (χ1n) is 3.37. The van der Waals surface area contributed by atoms with E-state index in [0.29, 0.717) is 0 Å². The molecule has 1 amide bonds. The second kappa shape index (κ2) is 4.30. The molecule has 0 aliphatic carbocycles. The van der Waals surface area contributed by atoms with Crippen LogP contribution in [-0.2, 0) is 4.79 Å². The van der Waals surface area contributed by atoms with Crippen LogP contribution < -0.4 is 5.32 Å². The number of aliphatic hydroxyl groups is 1. The molecule has 3 nitrogen and oxygen atoms in total. The SMILES string of the molecule is CC(O)CCNC(=O)C(F)(F)F. The first-order chi connectivity index (χ1) is 5.34. The van der Waals surface area contributed by atoms with E-state index in [1.807, 2.05) is 0 Å². The predicted octanol–water partition coefficient (Wildman–Crippen LogP) is 0.436. The van der Waals surface area contributed by atoms with E-state index in [9.17, 15) is 18.0 Å². The number of alkyl halides is 3. The van der Waals surface area contributed by atoms with Gasteiger partial charge in [0.15, 0.2) is 0 Å². The van der Waals surface area contributed by atoms with Crippen molar-refractivity contribution in [2.75, 3.05) is 6.54 Å². The normalized spacial score (nSPS) is 14.1. The summed E-state index contributed by atoms with van der Waals surface area (Å²) in [5.74, 6) is -1.97. The number of amides is 1. The lowest BCUT2D eigenvalue weighted by molar-refractivity contribution is -0.173. The molecule has 1 atom stereocenters. The van der Waals surface area contributed by atoms with E-state index in [4.69, 9.17) is 5.11 Å². The van der Waals surface area contributed by atoms with Crippen molar-refractivity contribution < 1.29 is 23.1 Å². The molecule has 0 spiro atoms. The van der Waals surface area contributed by atoms with Crippen LogP contribution >= 0.6 is 0 Å². The van der Waals surface area contributed by atoms with Crippen molar-refractivity contribution in [3.05, 3.63) is 0 Å². The van der Waals surface area contributed by atoms with Crippen LogP contribution in [0.1, 0.15) is 13.3 Å². The fourth-order valence-corrected chi connectivity index (χ4v) is 0.495. The standard InChI is InChI=1S/C6H10F3NO2/c1-4(11)2-3-10-5(12)6(7,8)9/h4,11H,2-3H2,1H3,(H,10,12). The first-order valence-corrected chi connectivity index (χ1v) is 3.37. The van der Waals surface area contributed by atoms with Crippen LogP contribution in [0.3, 0.4) is 0 Å². The Labute approximate surface area is 67.6 Å². The third-order valence-electron chi connectivity index (χ3n) is 1.11. The summed E-state index contributed by atoms with van der Waals surface area (Å²) in [6, 6.07) is 0. The van der Waals surface area contributed by atoms with Gasteiger partial charge in [0.25, 0.3) is 0 Å². The molecular formula is C6H10F3NO2. The summed E-state index contributed by atoms with van der Waals surface area (Å²) in [5, 5.41) is 10.3. The third kappa shape index (κ3) is 4.95. The second-order valence-corrected chi connectivity index (χ2v) is 2.39. The lowest BCUT2D eigenvalue weighted by atomic mass is 10.3. The van der Waals surface area contributed by atoms with Gasteiger partial charge in [0.1, 0.15) is 0 Å². The van der Waals surface area contributed by atoms with E-state index >= 15 is 0 Å². The summed E-state index contributed by atoms with van der Waals surface area (Å²) in [7, 11) is 0. The largest absolute Gasteiger partial charge is 0.471 e. The van der Waals surface area contributed by atoms with Crippen molar-refractivity contribution in [3.63, 3.8) is 0 Å². The van der Waals surface area contributed by atoms with Gasteiger partial charge in [-0.05, 0) is 13.3 Å². The van der Waals surface area contributed by atoms with Gasteiger partial charge in [0.2, 0.25) is 0 Å². The number of carbonyl (C=O) groups excluding carboxylic acids is 1. The van der Waals surface area contributed by atoms with Crippen LogP contribution in [-0.4, -0.2) is 29.8 Å². The van der Waals surface area contributed by atoms with Gasteiger partial charge in [0, 0.05) is 6.54 Å². The molecule has 0 saturated heterocycles. The Morgan fingerprint density at radius 2 is 2.08 bits per heavy atom. The number of nitrogens with one attached hydrogen (secondary N) is 1. The number of hydrogen-bond acceptors (Lipinski definition) is 2. The van der Waals surface area contributed by atoms with E-state index in [-0.39, 0.29) is 13.0 Å². The summed E-state index contributed by atoms with van der Waals surface area (Å²) in [6.07, 6.45) is -5.43. The van der Waals surface area contributed by atoms with Gasteiger partial charge in [-0.15, -0.1) is 0 Å². The van der Waals surface area contributed by atoms with Gasteiger partial charge in [-0.3, -0.25) is 4.79 Å². The molecule has 0 saturated carbocycles. The van der Waals surface area contributed by atoms with Crippen molar-refractivity contribution in [3.8, 4) is 0 Å². The maximum atomic E-state index is 11.5. The topological polar surface area (TPSA) is 49.3 Å². The van der Waals surface area contributed by atoms with Gasteiger partial charge in [-0.25, -0.2) is 0 Å². The summed E-state index contributed by atoms with van der Waals surface area (Å²) in [6.45, 7) is 1.26. The molecule has 6 heteroatoms. The molecule has 0 rings (SSSR count). The average molecular weight is 185 g/mol. The number of halogens is 3. The van der Waals surface area contributed by atoms with Crippen LogP contribution in [0.5, 0.6) is 0 Å². The second-order valence-electron chi connectivity index (χ2n) is 2.39. The molecule has 0 aromatic carbocycles. The molecule has 1 unspecified atom stereocenters. The van der Waals surface area contributed by atoms with Crippen LogP contribution in [0, 0.1) is 0 Å². The summed E-state index contributed by atoms with van der Waals surface area (Å²) >= 11 is 0. The first kappa shape index (κ1) is 11.2. The molecule has 0 radical (unpaired) electrons. The van der Waals surface area contributed by atoms with Crippen LogP contribution in [0.4, 0.5) is 13.2 Å². The van der Waals surface area contributed by atoms with Crippen molar-refractivity contribution in [1.82, 2.24) is 5.32 Å². The molecule has 72 valence electrons. The van der Waals surface area contributed by atoms with Crippen LogP contribution in [0.25, 0.3) is 0 Å². The average Bonchev–Trinajstić information content (AvgIpc) is 1.84. The monoisotopic (exact) mass is 185 g/mol. The minimum atomic E-state index is -4.83. The zero-order valence-corrected chi connectivity index (χ0v) is 6.48. The predicted molar refractivity (Wildman–Crippen MR) is 35.4 cm³/mol. The molecule has 0 heterocycles. The lowest BCUT2D eigenvalue weighted by Gasteiger charge is -2.08. The smallest absolute Gasteiger partial charge is 0.393 e. The van der Waals surface area contributed by atoms with E-state index < -0.39 is 18.2 Å². The molecule has 0 aliphatic rings. The number of rotatable bonds is 3. The molecule has 0 aliphatic heterocycles. The van der Waals surface area contributed by atoms with Gasteiger partial charge < -0.3 is 10.4 Å². The summed E-state index contributed by atoms with van der Waals surface area (Å²) < 4.78 is 34.5. The lowest BCUT2D eigenvalue weighted by Crippen LogP contribution is -2.37. The Hall–Kier alpha value is -0.780. The van der Waals surface area contributed by atoms with Crippen molar-refractivity contribution in [2.45, 2.75) is 25.6 Å². The quantitative estimate of drug-likeness (QED) is 0.670. The summed E-state index contributed by atoms with van der Waals surface area (Å²) in [5.41, 5.74) is 0. The fourth-order valence-electron chi connectivity index (χ4n) is 0.495. The van der Waals surface area contributed by atoms with E-state index in [1.54, 1.807) is 5.32 Å². The molecular weight excluding hydrogens is 175 g/mol. The fraction of sp³-hybridized carbons (Fsp3) is 0.833. The van der Waals surface area contributed by atoms with Gasteiger partial charge in [-0.1, -0.05) is 0 Å². The van der Waals surface area contributed by atoms with E-state index in [0.717, 1.165) is 0 Å². The minimum absolute atomic E-state index is 0.113. The Morgan fingerprint density at radius 1 is 1.58 bits per heavy atom. The van der Waals surface area contributed by atoms with Gasteiger partial charge in [-0.2, -0.15) is 13.2 Å². The number of carbonyl (C=O) groups is 1. The molecule has 0 aromatic rings. The van der Waals surface area contributed by atoms with Crippen LogP contribution in [0.2, 0.25) is 0 Å². The highest BCUT2D eigenvalue weighted by atomic mass is 19.4. The van der Waals surface area contributed by atoms with Crippen LogP contribution in [0.15, 0.2) is 0 Å². The highest BCUT2D eigenvalue weighted by molar-refractivity contribution is 5.81. The Morgan fingerprint density at radius 3 is 2.42 bits per heavy atom. The third-order valence-corrected chi connectivity index (χ3v) is 1.11. The Balaban J connectivity index is 3.59. The van der Waals surface area contributed by atoms with Crippen molar-refractivity contribution in [1.29, 1.82) is 0 Å². The molecule has 2 N–H and O–H groups in total. The molecule has 0 fully saturated rings. The highest BCUT2D eigenvalue weighted by Crippen LogP contribution is 2.13. The van der Waals surface area contributed by atoms with Gasteiger partial charge >= 0.3 is 12.1 Å². The molecule has 0 bridgehead atoms. The van der Waals surface area contributed by atoms with Gasteiger partial charge in [0.05, 0.1) is 6.10 Å². The highest BCUT2D eigenvalue weighted by Gasteiger charge is 2.38. The van der Waals surface area contributed by atoms with E-state index in [2.05, 4.69) is 0 Å². The zero-order chi connectivity index (χ0) is 9.78. The minimum Gasteiger partial charge on any atom is -0.393 e. The maximum Gasteiger partial charge on any atom is 0.471 e. The van der Waals surface area contributed by atoms with Crippen molar-refractivity contribution in [2.24, 2.45) is 0 Å². The number of aliphatic hydroxyl groups excluding tert-OH is 1. The maximum absolute atomic E-state index is 11.5. The molecule has 12 heavy (non-hydrogen) atoms. The van der Waals surface area contributed by atoms with E-state index in [1.165, 1.54) is 6.92 Å². The number of hydrogen-bond donors (Lipinski definition) is 2. The Bertz CT molecular complexity index is 155. The summed E-state index contributed by atoms with van der Waals surface area (Å²) in [4.78, 5) is 10.1. The van der Waals surface area contributed by atoms with Crippen molar-refractivity contribution >= 4 is 5.91 Å². The Kier molecular flexibility index (Phi) is 4.02. The zero-order valence-electron chi connectivity index (χ0n) is 6.48.